The molecule has 1 fully saturated rings. The van der Waals surface area contributed by atoms with Crippen LogP contribution in [0.15, 0.2) is 70.9 Å². The fourth-order valence-corrected chi connectivity index (χ4v) is 5.88. The van der Waals surface area contributed by atoms with Crippen LogP contribution >= 0.6 is 11.3 Å². The first-order valence-electron chi connectivity index (χ1n) is 10.7. The molecule has 1 aliphatic heterocycles. The molecule has 0 spiro atoms. The SMILES string of the molecule is Cc1ccc(C(NCC(=O)Nc2ccc(S(=O)(=O)N3CCOCC3)cc2)c2cccs2)cc1. The Kier molecular flexibility index (Phi) is 7.56. The molecule has 1 aromatic heterocycles. The molecule has 7 nitrogen and oxygen atoms in total. The van der Waals surface area contributed by atoms with Gasteiger partial charge in [0.05, 0.1) is 30.7 Å². The summed E-state index contributed by atoms with van der Waals surface area (Å²) in [7, 11) is -3.56. The van der Waals surface area contributed by atoms with Crippen LogP contribution in [0.25, 0.3) is 0 Å². The van der Waals surface area contributed by atoms with E-state index in [1.165, 1.54) is 22.0 Å². The lowest BCUT2D eigenvalue weighted by atomic mass is 10.0. The highest BCUT2D eigenvalue weighted by Crippen LogP contribution is 2.26. The van der Waals surface area contributed by atoms with E-state index < -0.39 is 10.0 Å². The van der Waals surface area contributed by atoms with Crippen molar-refractivity contribution in [2.45, 2.75) is 17.9 Å². The third-order valence-corrected chi connectivity index (χ3v) is 8.30. The summed E-state index contributed by atoms with van der Waals surface area (Å²) in [5, 5.41) is 8.19. The molecular weight excluding hydrogens is 458 g/mol. The summed E-state index contributed by atoms with van der Waals surface area (Å²) in [6, 6.07) is 18.5. The second kappa shape index (κ2) is 10.6. The molecule has 174 valence electrons. The molecule has 4 rings (SSSR count). The number of nitrogens with one attached hydrogen (secondary N) is 2. The maximum absolute atomic E-state index is 12.7. The Morgan fingerprint density at radius 1 is 1.06 bits per heavy atom. The van der Waals surface area contributed by atoms with E-state index >= 15 is 0 Å². The Hall–Kier alpha value is -2.56. The van der Waals surface area contributed by atoms with Gasteiger partial charge in [-0.3, -0.25) is 10.1 Å². The first kappa shape index (κ1) is 23.6. The summed E-state index contributed by atoms with van der Waals surface area (Å²) >= 11 is 1.64. The first-order chi connectivity index (χ1) is 15.9. The van der Waals surface area contributed by atoms with E-state index in [9.17, 15) is 13.2 Å². The van der Waals surface area contributed by atoms with Gasteiger partial charge in [0.15, 0.2) is 0 Å². The number of ether oxygens (including phenoxy) is 1. The highest BCUT2D eigenvalue weighted by Gasteiger charge is 2.26. The van der Waals surface area contributed by atoms with Crippen molar-refractivity contribution < 1.29 is 17.9 Å². The smallest absolute Gasteiger partial charge is 0.243 e. The Morgan fingerprint density at radius 3 is 2.39 bits per heavy atom. The number of benzene rings is 2. The molecular formula is C24H27N3O4S2. The number of nitrogens with zero attached hydrogens (tertiary/aromatic N) is 1. The Bertz CT molecular complexity index is 1160. The number of carbonyl (C=O) groups is 1. The number of rotatable bonds is 8. The van der Waals surface area contributed by atoms with Crippen molar-refractivity contribution in [3.8, 4) is 0 Å². The van der Waals surface area contributed by atoms with Crippen LogP contribution in [0, 0.1) is 6.92 Å². The lowest BCUT2D eigenvalue weighted by molar-refractivity contribution is -0.115. The van der Waals surface area contributed by atoms with Crippen molar-refractivity contribution in [2.24, 2.45) is 0 Å². The molecule has 2 heterocycles. The standard InChI is InChI=1S/C24H27N3O4S2/c1-18-4-6-19(7-5-18)24(22-3-2-16-32-22)25-17-23(28)26-20-8-10-21(11-9-20)33(29,30)27-12-14-31-15-13-27/h2-11,16,24-25H,12-15,17H2,1H3,(H,26,28). The van der Waals surface area contributed by atoms with Crippen LogP contribution in [0.4, 0.5) is 5.69 Å². The molecule has 1 atom stereocenters. The molecule has 0 bridgehead atoms. The number of hydrogen-bond acceptors (Lipinski definition) is 6. The summed E-state index contributed by atoms with van der Waals surface area (Å²) < 4.78 is 32.1. The van der Waals surface area contributed by atoms with Crippen molar-refractivity contribution in [1.29, 1.82) is 0 Å². The molecule has 2 aromatic carbocycles. The van der Waals surface area contributed by atoms with Crippen LogP contribution in [0.5, 0.6) is 0 Å². The van der Waals surface area contributed by atoms with E-state index in [-0.39, 0.29) is 23.4 Å². The van der Waals surface area contributed by atoms with Gasteiger partial charge in [-0.25, -0.2) is 8.42 Å². The second-order valence-corrected chi connectivity index (χ2v) is 10.7. The van der Waals surface area contributed by atoms with Crippen molar-refractivity contribution in [2.75, 3.05) is 38.2 Å². The normalized spacial score (nSPS) is 15.8. The Morgan fingerprint density at radius 2 is 1.76 bits per heavy atom. The van der Waals surface area contributed by atoms with Gasteiger partial charge in [-0.2, -0.15) is 4.31 Å². The fourth-order valence-electron chi connectivity index (χ4n) is 3.64. The lowest BCUT2D eigenvalue weighted by Crippen LogP contribution is -2.40. The Balaban J connectivity index is 1.38. The van der Waals surface area contributed by atoms with Crippen molar-refractivity contribution in [1.82, 2.24) is 9.62 Å². The number of hydrogen-bond donors (Lipinski definition) is 2. The zero-order valence-electron chi connectivity index (χ0n) is 18.4. The second-order valence-electron chi connectivity index (χ2n) is 7.83. The predicted molar refractivity (Wildman–Crippen MR) is 130 cm³/mol. The van der Waals surface area contributed by atoms with Gasteiger partial charge in [0, 0.05) is 23.7 Å². The van der Waals surface area contributed by atoms with E-state index in [2.05, 4.69) is 34.9 Å². The lowest BCUT2D eigenvalue weighted by Gasteiger charge is -2.26. The first-order valence-corrected chi connectivity index (χ1v) is 13.1. The molecule has 9 heteroatoms. The van der Waals surface area contributed by atoms with Gasteiger partial charge in [0.2, 0.25) is 15.9 Å². The monoisotopic (exact) mass is 485 g/mol. The maximum atomic E-state index is 12.7. The van der Waals surface area contributed by atoms with Crippen molar-refractivity contribution in [3.05, 3.63) is 82.0 Å². The number of sulfonamides is 1. The largest absolute Gasteiger partial charge is 0.379 e. The molecule has 3 aromatic rings. The molecule has 0 radical (unpaired) electrons. The van der Waals surface area contributed by atoms with Gasteiger partial charge in [-0.1, -0.05) is 35.9 Å². The van der Waals surface area contributed by atoms with Gasteiger partial charge in [-0.15, -0.1) is 11.3 Å². The van der Waals surface area contributed by atoms with Gasteiger partial charge in [0.1, 0.15) is 0 Å². The number of amides is 1. The zero-order chi connectivity index (χ0) is 23.3. The van der Waals surface area contributed by atoms with Crippen molar-refractivity contribution >= 4 is 33.0 Å². The molecule has 33 heavy (non-hydrogen) atoms. The molecule has 2 N–H and O–H groups in total. The third kappa shape index (κ3) is 5.87. The minimum Gasteiger partial charge on any atom is -0.379 e. The highest BCUT2D eigenvalue weighted by molar-refractivity contribution is 7.89. The predicted octanol–water partition coefficient (Wildman–Crippen LogP) is 3.40. The minimum absolute atomic E-state index is 0.0857. The molecule has 0 saturated carbocycles. The van der Waals surface area contributed by atoms with E-state index in [0.717, 1.165) is 10.4 Å². The van der Waals surface area contributed by atoms with Gasteiger partial charge in [-0.05, 0) is 48.2 Å². The summed E-state index contributed by atoms with van der Waals surface area (Å²) in [6.45, 7) is 3.65. The summed E-state index contributed by atoms with van der Waals surface area (Å²) in [5.41, 5.74) is 2.82. The van der Waals surface area contributed by atoms with E-state index in [4.69, 9.17) is 4.74 Å². The number of aryl methyl sites for hydroxylation is 1. The zero-order valence-corrected chi connectivity index (χ0v) is 20.0. The quantitative estimate of drug-likeness (QED) is 0.511. The van der Waals surface area contributed by atoms with E-state index in [0.29, 0.717) is 32.0 Å². The van der Waals surface area contributed by atoms with Crippen LogP contribution < -0.4 is 10.6 Å². The Labute approximate surface area is 198 Å². The molecule has 1 saturated heterocycles. The average Bonchev–Trinajstić information content (AvgIpc) is 3.36. The third-order valence-electron chi connectivity index (χ3n) is 5.45. The molecule has 1 aliphatic rings. The van der Waals surface area contributed by atoms with Gasteiger partial charge < -0.3 is 10.1 Å². The maximum Gasteiger partial charge on any atom is 0.243 e. The highest BCUT2D eigenvalue weighted by atomic mass is 32.2. The van der Waals surface area contributed by atoms with Crippen LogP contribution in [0.3, 0.4) is 0 Å². The van der Waals surface area contributed by atoms with Gasteiger partial charge in [0.25, 0.3) is 0 Å². The van der Waals surface area contributed by atoms with E-state index in [1.54, 1.807) is 23.5 Å². The van der Waals surface area contributed by atoms with Crippen LogP contribution in [-0.4, -0.2) is 51.5 Å². The number of morpholine rings is 1. The van der Waals surface area contributed by atoms with Crippen LogP contribution in [0.1, 0.15) is 22.0 Å². The molecule has 1 unspecified atom stereocenters. The number of carbonyl (C=O) groups excluding carboxylic acids is 1. The number of thiophene rings is 1. The van der Waals surface area contributed by atoms with Crippen LogP contribution in [0.2, 0.25) is 0 Å². The summed E-state index contributed by atoms with van der Waals surface area (Å²) in [6.07, 6.45) is 0. The average molecular weight is 486 g/mol. The summed E-state index contributed by atoms with van der Waals surface area (Å²) in [5.74, 6) is -0.201. The fraction of sp³-hybridized carbons (Fsp3) is 0.292. The topological polar surface area (TPSA) is 87.7 Å². The molecule has 0 aliphatic carbocycles. The van der Waals surface area contributed by atoms with Crippen LogP contribution in [-0.2, 0) is 19.6 Å². The van der Waals surface area contributed by atoms with Crippen molar-refractivity contribution in [3.63, 3.8) is 0 Å². The molecule has 1 amide bonds. The number of anilines is 1. The summed E-state index contributed by atoms with van der Waals surface area (Å²) in [4.78, 5) is 13.9. The van der Waals surface area contributed by atoms with E-state index in [1.807, 2.05) is 24.4 Å². The minimum atomic E-state index is -3.56. The van der Waals surface area contributed by atoms with Gasteiger partial charge >= 0.3 is 0 Å².